The lowest BCUT2D eigenvalue weighted by molar-refractivity contribution is 0.412. The van der Waals surface area contributed by atoms with E-state index in [1.54, 1.807) is 0 Å². The number of aryl methyl sites for hydroxylation is 1. The van der Waals surface area contributed by atoms with Crippen molar-refractivity contribution >= 4 is 5.82 Å². The second kappa shape index (κ2) is 8.12. The molecule has 4 heteroatoms. The van der Waals surface area contributed by atoms with Crippen LogP contribution in [0, 0.1) is 6.92 Å². The summed E-state index contributed by atoms with van der Waals surface area (Å²) in [6.45, 7) is 8.31. The average Bonchev–Trinajstić information content (AvgIpc) is 2.34. The van der Waals surface area contributed by atoms with Gasteiger partial charge in [0.1, 0.15) is 5.82 Å². The van der Waals surface area contributed by atoms with Crippen LogP contribution in [0.5, 0.6) is 0 Å². The molecule has 0 aliphatic carbocycles. The molecule has 1 aromatic rings. The Kier molecular flexibility index (Phi) is 6.81. The fraction of sp³-hybridized carbons (Fsp3) is 0.667. The molecule has 1 rings (SSSR count). The molecule has 0 saturated carbocycles. The van der Waals surface area contributed by atoms with Gasteiger partial charge in [-0.15, -0.1) is 0 Å². The van der Waals surface area contributed by atoms with Gasteiger partial charge in [0, 0.05) is 31.9 Å². The van der Waals surface area contributed by atoms with Gasteiger partial charge in [-0.3, -0.25) is 0 Å². The topological polar surface area (TPSA) is 31.4 Å². The van der Waals surface area contributed by atoms with E-state index in [2.05, 4.69) is 55.2 Å². The van der Waals surface area contributed by atoms with Gasteiger partial charge in [0.05, 0.1) is 0 Å². The molecule has 0 amide bonds. The minimum Gasteiger partial charge on any atom is -0.355 e. The summed E-state index contributed by atoms with van der Waals surface area (Å²) in [5, 5.41) is 3.21. The van der Waals surface area contributed by atoms with Gasteiger partial charge in [-0.1, -0.05) is 6.92 Å². The number of hydrogen-bond donors (Lipinski definition) is 1. The number of rotatable bonds is 8. The van der Waals surface area contributed by atoms with E-state index >= 15 is 0 Å². The summed E-state index contributed by atoms with van der Waals surface area (Å²) in [6, 6.07) is 4.35. The number of likely N-dealkylation sites (N-methyl/N-ethyl adjacent to an activating group) is 1. The first-order valence-corrected chi connectivity index (χ1v) is 7.08. The third kappa shape index (κ3) is 5.57. The van der Waals surface area contributed by atoms with E-state index in [4.69, 9.17) is 4.98 Å². The lowest BCUT2D eigenvalue weighted by Gasteiger charge is -2.25. The summed E-state index contributed by atoms with van der Waals surface area (Å²) in [5.74, 6) is 1.11. The number of aromatic nitrogens is 1. The summed E-state index contributed by atoms with van der Waals surface area (Å²) < 4.78 is 0. The van der Waals surface area contributed by atoms with Crippen LogP contribution >= 0.6 is 0 Å². The van der Waals surface area contributed by atoms with E-state index in [0.717, 1.165) is 44.1 Å². The van der Waals surface area contributed by atoms with Gasteiger partial charge < -0.3 is 15.1 Å². The van der Waals surface area contributed by atoms with Crippen molar-refractivity contribution in [1.82, 2.24) is 15.2 Å². The maximum Gasteiger partial charge on any atom is 0.129 e. The highest BCUT2D eigenvalue weighted by molar-refractivity contribution is 5.42. The van der Waals surface area contributed by atoms with Crippen LogP contribution in [-0.2, 0) is 6.54 Å². The Morgan fingerprint density at radius 2 is 1.89 bits per heavy atom. The van der Waals surface area contributed by atoms with Gasteiger partial charge in [-0.2, -0.15) is 0 Å². The van der Waals surface area contributed by atoms with Crippen LogP contribution < -0.4 is 10.2 Å². The molecule has 0 spiro atoms. The zero-order chi connectivity index (χ0) is 14.3. The number of pyridine rings is 1. The molecule has 0 unspecified atom stereocenters. The van der Waals surface area contributed by atoms with E-state index in [1.165, 1.54) is 5.56 Å². The van der Waals surface area contributed by atoms with Crippen LogP contribution in [0.4, 0.5) is 5.82 Å². The molecule has 1 aromatic heterocycles. The molecule has 0 aliphatic heterocycles. The molecule has 1 N–H and O–H groups in total. The Labute approximate surface area is 117 Å². The zero-order valence-electron chi connectivity index (χ0n) is 13.0. The van der Waals surface area contributed by atoms with Crippen molar-refractivity contribution in [2.45, 2.75) is 26.8 Å². The molecule has 0 atom stereocenters. The predicted molar refractivity (Wildman–Crippen MR) is 82.8 cm³/mol. The first kappa shape index (κ1) is 15.9. The minimum absolute atomic E-state index is 0.893. The molecule has 0 aromatic carbocycles. The maximum absolute atomic E-state index is 4.69. The first-order valence-electron chi connectivity index (χ1n) is 7.08. The van der Waals surface area contributed by atoms with Gasteiger partial charge in [-0.05, 0) is 52.2 Å². The highest BCUT2D eigenvalue weighted by Crippen LogP contribution is 2.15. The molecule has 0 saturated heterocycles. The van der Waals surface area contributed by atoms with E-state index in [9.17, 15) is 0 Å². The van der Waals surface area contributed by atoms with Crippen molar-refractivity contribution in [2.24, 2.45) is 0 Å². The van der Waals surface area contributed by atoms with E-state index in [0.29, 0.717) is 0 Å². The molecule has 108 valence electrons. The largest absolute Gasteiger partial charge is 0.355 e. The fourth-order valence-corrected chi connectivity index (χ4v) is 2.12. The van der Waals surface area contributed by atoms with Crippen LogP contribution in [-0.4, -0.2) is 50.7 Å². The molecule has 0 aliphatic rings. The van der Waals surface area contributed by atoms with E-state index in [1.807, 2.05) is 7.05 Å². The number of nitrogens with one attached hydrogen (secondary N) is 1. The van der Waals surface area contributed by atoms with E-state index in [-0.39, 0.29) is 0 Å². The first-order chi connectivity index (χ1) is 9.06. The van der Waals surface area contributed by atoms with Crippen molar-refractivity contribution in [3.05, 3.63) is 23.4 Å². The quantitative estimate of drug-likeness (QED) is 0.777. The number of hydrogen-bond acceptors (Lipinski definition) is 4. The molecular weight excluding hydrogens is 236 g/mol. The van der Waals surface area contributed by atoms with Crippen molar-refractivity contribution in [2.75, 3.05) is 45.7 Å². The molecule has 19 heavy (non-hydrogen) atoms. The third-order valence-corrected chi connectivity index (χ3v) is 3.02. The Hall–Kier alpha value is -1.13. The second-order valence-corrected chi connectivity index (χ2v) is 5.30. The van der Waals surface area contributed by atoms with Gasteiger partial charge >= 0.3 is 0 Å². The highest BCUT2D eigenvalue weighted by Gasteiger charge is 2.09. The summed E-state index contributed by atoms with van der Waals surface area (Å²) >= 11 is 0. The van der Waals surface area contributed by atoms with Crippen molar-refractivity contribution in [3.8, 4) is 0 Å². The molecule has 4 nitrogen and oxygen atoms in total. The lowest BCUT2D eigenvalue weighted by Crippen LogP contribution is -2.33. The highest BCUT2D eigenvalue weighted by atomic mass is 15.2. The third-order valence-electron chi connectivity index (χ3n) is 3.02. The van der Waals surface area contributed by atoms with Crippen LogP contribution in [0.3, 0.4) is 0 Å². The SMILES string of the molecule is CCCN(CCN(C)C)c1cc(CNC)cc(C)n1. The standard InChI is InChI=1S/C15H28N4/c1-6-7-19(9-8-18(4)5)15-11-14(12-16-3)10-13(2)17-15/h10-11,16H,6-9,12H2,1-5H3. The number of anilines is 1. The second-order valence-electron chi connectivity index (χ2n) is 5.30. The van der Waals surface area contributed by atoms with Crippen LogP contribution in [0.2, 0.25) is 0 Å². The molecule has 1 heterocycles. The minimum atomic E-state index is 0.893. The van der Waals surface area contributed by atoms with Gasteiger partial charge in [-0.25, -0.2) is 4.98 Å². The van der Waals surface area contributed by atoms with Crippen LogP contribution in [0.1, 0.15) is 24.6 Å². The number of nitrogens with zero attached hydrogens (tertiary/aromatic N) is 3. The van der Waals surface area contributed by atoms with Crippen molar-refractivity contribution in [3.63, 3.8) is 0 Å². The van der Waals surface area contributed by atoms with Crippen molar-refractivity contribution < 1.29 is 0 Å². The maximum atomic E-state index is 4.69. The van der Waals surface area contributed by atoms with Crippen LogP contribution in [0.25, 0.3) is 0 Å². The van der Waals surface area contributed by atoms with Gasteiger partial charge in [0.25, 0.3) is 0 Å². The predicted octanol–water partition coefficient (Wildman–Crippen LogP) is 1.89. The average molecular weight is 264 g/mol. The van der Waals surface area contributed by atoms with Gasteiger partial charge in [0.2, 0.25) is 0 Å². The summed E-state index contributed by atoms with van der Waals surface area (Å²) in [4.78, 5) is 9.29. The molecule has 0 fully saturated rings. The van der Waals surface area contributed by atoms with Crippen LogP contribution in [0.15, 0.2) is 12.1 Å². The summed E-state index contributed by atoms with van der Waals surface area (Å²) in [7, 11) is 6.20. The molecular formula is C15H28N4. The Morgan fingerprint density at radius 1 is 1.16 bits per heavy atom. The molecule has 0 bridgehead atoms. The fourth-order valence-electron chi connectivity index (χ4n) is 2.12. The smallest absolute Gasteiger partial charge is 0.129 e. The molecule has 0 radical (unpaired) electrons. The summed E-state index contributed by atoms with van der Waals surface area (Å²) in [5.41, 5.74) is 2.39. The monoisotopic (exact) mass is 264 g/mol. The normalized spacial score (nSPS) is 11.1. The Morgan fingerprint density at radius 3 is 2.47 bits per heavy atom. The lowest BCUT2D eigenvalue weighted by atomic mass is 10.2. The summed E-state index contributed by atoms with van der Waals surface area (Å²) in [6.07, 6.45) is 1.14. The van der Waals surface area contributed by atoms with E-state index < -0.39 is 0 Å². The Bertz CT molecular complexity index is 376. The van der Waals surface area contributed by atoms with Gasteiger partial charge in [0.15, 0.2) is 0 Å². The zero-order valence-corrected chi connectivity index (χ0v) is 13.0. The van der Waals surface area contributed by atoms with Crippen molar-refractivity contribution in [1.29, 1.82) is 0 Å². The Balaban J connectivity index is 2.87.